The van der Waals surface area contributed by atoms with Crippen LogP contribution in [0.15, 0.2) is 23.2 Å². The maximum Gasteiger partial charge on any atom is 0.197 e. The van der Waals surface area contributed by atoms with Gasteiger partial charge in [-0.3, -0.25) is 0 Å². The lowest BCUT2D eigenvalue weighted by molar-refractivity contribution is -0.0663. The van der Waals surface area contributed by atoms with E-state index in [1.165, 1.54) is 32.1 Å². The molecule has 4 aliphatic carbocycles. The average Bonchev–Trinajstić information content (AvgIpc) is 2.90. The van der Waals surface area contributed by atoms with E-state index in [1.807, 2.05) is 18.2 Å². The number of benzene rings is 1. The van der Waals surface area contributed by atoms with Gasteiger partial charge in [-0.2, -0.15) is 0 Å². The van der Waals surface area contributed by atoms with Crippen LogP contribution < -0.4 is 14.8 Å². The van der Waals surface area contributed by atoms with Crippen molar-refractivity contribution >= 4 is 28.9 Å². The van der Waals surface area contributed by atoms with Crippen molar-refractivity contribution in [3.63, 3.8) is 0 Å². The Bertz CT molecular complexity index is 794. The number of likely N-dealkylation sites (N-methyl/N-ethyl adjacent to an activating group) is 1. The van der Waals surface area contributed by atoms with E-state index in [0.717, 1.165) is 34.9 Å². The number of hydrogen-bond acceptors (Lipinski definition) is 4. The number of nitrogens with zero attached hydrogens (tertiary/aromatic N) is 2. The van der Waals surface area contributed by atoms with Crippen LogP contribution in [0.1, 0.15) is 32.1 Å². The summed E-state index contributed by atoms with van der Waals surface area (Å²) in [6, 6.07) is 5.93. The minimum Gasteiger partial charge on any atom is -0.493 e. The number of ether oxygens (including phenoxy) is 2. The van der Waals surface area contributed by atoms with Crippen LogP contribution in [0.5, 0.6) is 11.5 Å². The molecule has 0 unspecified atom stereocenters. The Morgan fingerprint density at radius 3 is 2.26 bits per heavy atom. The van der Waals surface area contributed by atoms with E-state index in [1.54, 1.807) is 14.2 Å². The van der Waals surface area contributed by atoms with Gasteiger partial charge in [-0.1, -0.05) is 0 Å². The van der Waals surface area contributed by atoms with Crippen molar-refractivity contribution in [3.05, 3.63) is 18.2 Å². The second-order valence-corrected chi connectivity index (χ2v) is 8.99. The zero-order chi connectivity index (χ0) is 18.8. The molecule has 0 atom stereocenters. The van der Waals surface area contributed by atoms with Crippen LogP contribution in [0.4, 0.5) is 5.69 Å². The number of thiocarbonyl (C=S) groups is 1. The molecule has 5 aliphatic rings. The second-order valence-electron chi connectivity index (χ2n) is 8.63. The van der Waals surface area contributed by atoms with E-state index in [0.29, 0.717) is 16.9 Å². The molecule has 1 N–H and O–H groups in total. The Morgan fingerprint density at radius 1 is 1.04 bits per heavy atom. The smallest absolute Gasteiger partial charge is 0.197 e. The van der Waals surface area contributed by atoms with Crippen molar-refractivity contribution < 1.29 is 9.47 Å². The summed E-state index contributed by atoms with van der Waals surface area (Å²) in [6.45, 7) is 0. The number of nitrogens with one attached hydrogen (secondary N) is 1. The SMILES string of the molecule is COc1ccc(NC2=NC(=S)N(C)C23C2CC4CC(C2)CC3C4)cc1OC. The summed E-state index contributed by atoms with van der Waals surface area (Å²) < 4.78 is 10.8. The van der Waals surface area contributed by atoms with Crippen molar-refractivity contribution in [3.8, 4) is 11.5 Å². The molecular weight excluding hydrogens is 358 g/mol. The van der Waals surface area contributed by atoms with E-state index in [-0.39, 0.29) is 5.54 Å². The topological polar surface area (TPSA) is 46.1 Å². The quantitative estimate of drug-likeness (QED) is 0.799. The van der Waals surface area contributed by atoms with Crippen LogP contribution in [-0.2, 0) is 0 Å². The fourth-order valence-corrected chi connectivity index (χ4v) is 6.84. The standard InChI is InChI=1S/C21H27N3O2S/c1-24-20(27)23-19(22-16-4-5-17(25-2)18(11-16)26-3)21(24)14-7-12-6-13(9-14)10-15(21)8-12/h4-5,11-15H,6-10H2,1-3H3,(H,22,23,27). The fourth-order valence-electron chi connectivity index (χ4n) is 6.59. The summed E-state index contributed by atoms with van der Waals surface area (Å²) in [7, 11) is 5.47. The summed E-state index contributed by atoms with van der Waals surface area (Å²) in [6.07, 6.45) is 6.69. The summed E-state index contributed by atoms with van der Waals surface area (Å²) in [4.78, 5) is 7.16. The van der Waals surface area contributed by atoms with Gasteiger partial charge in [0.25, 0.3) is 0 Å². The Morgan fingerprint density at radius 2 is 1.67 bits per heavy atom. The molecule has 0 amide bonds. The molecule has 1 aromatic rings. The monoisotopic (exact) mass is 385 g/mol. The number of methoxy groups -OCH3 is 2. The van der Waals surface area contributed by atoms with E-state index in [9.17, 15) is 0 Å². The molecule has 27 heavy (non-hydrogen) atoms. The normalized spacial score (nSPS) is 36.3. The first-order chi connectivity index (χ1) is 13.1. The number of hydrogen-bond donors (Lipinski definition) is 1. The summed E-state index contributed by atoms with van der Waals surface area (Å²) >= 11 is 5.65. The van der Waals surface area contributed by atoms with Gasteiger partial charge in [0.2, 0.25) is 0 Å². The minimum atomic E-state index is -0.0579. The van der Waals surface area contributed by atoms with Crippen LogP contribution in [-0.4, -0.2) is 42.7 Å². The highest BCUT2D eigenvalue weighted by molar-refractivity contribution is 7.80. The Labute approximate surface area is 166 Å². The van der Waals surface area contributed by atoms with Gasteiger partial charge in [0.1, 0.15) is 11.4 Å². The molecule has 4 fully saturated rings. The maximum absolute atomic E-state index is 5.65. The third kappa shape index (κ3) is 2.35. The maximum atomic E-state index is 5.65. The van der Waals surface area contributed by atoms with Crippen LogP contribution in [0.2, 0.25) is 0 Å². The van der Waals surface area contributed by atoms with Crippen LogP contribution in [0.3, 0.4) is 0 Å². The summed E-state index contributed by atoms with van der Waals surface area (Å²) in [5, 5.41) is 4.35. The molecule has 4 bridgehead atoms. The largest absolute Gasteiger partial charge is 0.493 e. The second kappa shape index (κ2) is 6.09. The van der Waals surface area contributed by atoms with Crippen molar-refractivity contribution in [1.82, 2.24) is 4.90 Å². The van der Waals surface area contributed by atoms with E-state index in [4.69, 9.17) is 26.7 Å². The number of aliphatic imine (C=N–C) groups is 1. The molecule has 1 heterocycles. The van der Waals surface area contributed by atoms with Crippen molar-refractivity contribution in [2.75, 3.05) is 26.6 Å². The summed E-state index contributed by atoms with van der Waals surface area (Å²) in [5.74, 6) is 5.59. The molecule has 144 valence electrons. The van der Waals surface area contributed by atoms with Crippen LogP contribution in [0, 0.1) is 23.7 Å². The lowest BCUT2D eigenvalue weighted by Crippen LogP contribution is -2.68. The van der Waals surface area contributed by atoms with Gasteiger partial charge in [-0.15, -0.1) is 0 Å². The Hall–Kier alpha value is -1.82. The number of rotatable bonds is 3. The minimum absolute atomic E-state index is 0.0579. The lowest BCUT2D eigenvalue weighted by atomic mass is 9.48. The van der Waals surface area contributed by atoms with Crippen molar-refractivity contribution in [1.29, 1.82) is 0 Å². The van der Waals surface area contributed by atoms with Gasteiger partial charge >= 0.3 is 0 Å². The van der Waals surface area contributed by atoms with Gasteiger partial charge in [-0.25, -0.2) is 4.99 Å². The third-order valence-corrected chi connectivity index (χ3v) is 7.82. The highest BCUT2D eigenvalue weighted by Crippen LogP contribution is 2.61. The first-order valence-electron chi connectivity index (χ1n) is 9.92. The van der Waals surface area contributed by atoms with E-state index < -0.39 is 0 Å². The summed E-state index contributed by atoms with van der Waals surface area (Å²) in [5.41, 5.74) is 0.912. The van der Waals surface area contributed by atoms with Gasteiger partial charge in [0.15, 0.2) is 16.6 Å². The predicted octanol–water partition coefficient (Wildman–Crippen LogP) is 3.94. The van der Waals surface area contributed by atoms with Gasteiger partial charge in [-0.05, 0) is 80.1 Å². The first-order valence-corrected chi connectivity index (χ1v) is 10.3. The lowest BCUT2D eigenvalue weighted by Gasteiger charge is -2.62. The van der Waals surface area contributed by atoms with Gasteiger partial charge in [0.05, 0.1) is 14.2 Å². The molecule has 1 spiro atoms. The molecular formula is C21H27N3O2S. The van der Waals surface area contributed by atoms with E-state index >= 15 is 0 Å². The molecule has 1 aliphatic heterocycles. The van der Waals surface area contributed by atoms with Crippen LogP contribution >= 0.6 is 12.2 Å². The Balaban J connectivity index is 1.52. The molecule has 5 nitrogen and oxygen atoms in total. The van der Waals surface area contributed by atoms with E-state index in [2.05, 4.69) is 17.3 Å². The van der Waals surface area contributed by atoms with Crippen molar-refractivity contribution in [2.24, 2.45) is 28.7 Å². The average molecular weight is 386 g/mol. The highest BCUT2D eigenvalue weighted by Gasteiger charge is 2.64. The zero-order valence-corrected chi connectivity index (χ0v) is 17.0. The predicted molar refractivity (Wildman–Crippen MR) is 111 cm³/mol. The molecule has 0 radical (unpaired) electrons. The first kappa shape index (κ1) is 17.3. The molecule has 6 rings (SSSR count). The molecule has 0 aromatic heterocycles. The Kier molecular flexibility index (Phi) is 3.90. The number of amidine groups is 1. The van der Waals surface area contributed by atoms with Crippen molar-refractivity contribution in [2.45, 2.75) is 37.6 Å². The van der Waals surface area contributed by atoms with Gasteiger partial charge in [0, 0.05) is 18.8 Å². The molecule has 6 heteroatoms. The van der Waals surface area contributed by atoms with Gasteiger partial charge < -0.3 is 19.7 Å². The fraction of sp³-hybridized carbons (Fsp3) is 0.619. The highest BCUT2D eigenvalue weighted by atomic mass is 32.1. The molecule has 0 saturated heterocycles. The van der Waals surface area contributed by atoms with Crippen LogP contribution in [0.25, 0.3) is 0 Å². The number of anilines is 1. The molecule has 4 saturated carbocycles. The zero-order valence-electron chi connectivity index (χ0n) is 16.2. The molecule has 1 aromatic carbocycles. The third-order valence-electron chi connectivity index (χ3n) is 7.46.